The minimum Gasteiger partial charge on any atom is -0.467 e. The summed E-state index contributed by atoms with van der Waals surface area (Å²) >= 11 is 1.41. The van der Waals surface area contributed by atoms with Gasteiger partial charge in [-0.25, -0.2) is 8.96 Å². The number of nitrogens with zero attached hydrogens (tertiary/aromatic N) is 4. The van der Waals surface area contributed by atoms with E-state index in [2.05, 4.69) is 10.2 Å². The summed E-state index contributed by atoms with van der Waals surface area (Å²) in [6.45, 7) is 2.40. The Morgan fingerprint density at radius 2 is 1.91 bits per heavy atom. The first kappa shape index (κ1) is 20.9. The van der Waals surface area contributed by atoms with Gasteiger partial charge in [0, 0.05) is 16.9 Å². The van der Waals surface area contributed by atoms with E-state index in [9.17, 15) is 9.18 Å². The fourth-order valence-corrected chi connectivity index (χ4v) is 5.22. The third-order valence-electron chi connectivity index (χ3n) is 5.86. The second-order valence-electron chi connectivity index (χ2n) is 8.01. The first-order chi connectivity index (χ1) is 16.6. The summed E-state index contributed by atoms with van der Waals surface area (Å²) in [5, 5.41) is 9.96. The molecule has 0 radical (unpaired) electrons. The molecule has 0 aliphatic carbocycles. The predicted molar refractivity (Wildman–Crippen MR) is 127 cm³/mol. The third kappa shape index (κ3) is 3.36. The lowest BCUT2D eigenvalue weighted by Crippen LogP contribution is -2.22. The molecule has 0 fully saturated rings. The van der Waals surface area contributed by atoms with Gasteiger partial charge in [-0.05, 0) is 42.8 Å². The van der Waals surface area contributed by atoms with Crippen molar-refractivity contribution in [2.45, 2.75) is 24.4 Å². The van der Waals surface area contributed by atoms with E-state index < -0.39 is 0 Å². The number of hydrogen-bond acceptors (Lipinski definition) is 6. The maximum Gasteiger partial charge on any atom is 0.267 e. The molecule has 5 aromatic rings. The van der Waals surface area contributed by atoms with Gasteiger partial charge in [0.2, 0.25) is 5.78 Å². The first-order valence-corrected chi connectivity index (χ1v) is 11.7. The van der Waals surface area contributed by atoms with E-state index in [0.717, 1.165) is 16.8 Å². The molecular weight excluding hydrogens is 455 g/mol. The van der Waals surface area contributed by atoms with Gasteiger partial charge in [0.05, 0.1) is 23.2 Å². The molecule has 0 atom stereocenters. The molecule has 0 bridgehead atoms. The van der Waals surface area contributed by atoms with Crippen LogP contribution in [-0.4, -0.2) is 26.0 Å². The highest BCUT2D eigenvalue weighted by molar-refractivity contribution is 7.98. The van der Waals surface area contributed by atoms with Crippen LogP contribution in [0.3, 0.4) is 0 Å². The van der Waals surface area contributed by atoms with Crippen LogP contribution in [0.5, 0.6) is 5.75 Å². The molecule has 9 heteroatoms. The van der Waals surface area contributed by atoms with E-state index in [1.165, 1.54) is 23.9 Å². The summed E-state index contributed by atoms with van der Waals surface area (Å²) < 4.78 is 28.6. The zero-order valence-corrected chi connectivity index (χ0v) is 19.0. The van der Waals surface area contributed by atoms with E-state index in [4.69, 9.17) is 9.47 Å². The van der Waals surface area contributed by atoms with Crippen molar-refractivity contribution in [3.63, 3.8) is 0 Å². The van der Waals surface area contributed by atoms with Crippen LogP contribution in [0.4, 0.5) is 4.39 Å². The van der Waals surface area contributed by atoms with Gasteiger partial charge in [0.15, 0.2) is 11.9 Å². The molecule has 2 aromatic heterocycles. The van der Waals surface area contributed by atoms with Crippen molar-refractivity contribution >= 4 is 28.4 Å². The van der Waals surface area contributed by atoms with Gasteiger partial charge in [-0.2, -0.15) is 0 Å². The average Bonchev–Trinajstić information content (AvgIpc) is 3.27. The highest BCUT2D eigenvalue weighted by atomic mass is 32.2. The molecule has 3 heterocycles. The second kappa shape index (κ2) is 8.27. The summed E-state index contributed by atoms with van der Waals surface area (Å²) in [6, 6.07) is 18.0. The minimum absolute atomic E-state index is 0.136. The number of benzene rings is 3. The number of fused-ring (bicyclic) bond motifs is 4. The Hall–Kier alpha value is -3.69. The van der Waals surface area contributed by atoms with Gasteiger partial charge < -0.3 is 9.47 Å². The molecular formula is C25H19FN4O3S. The smallest absolute Gasteiger partial charge is 0.267 e. The van der Waals surface area contributed by atoms with Gasteiger partial charge in [-0.15, -0.1) is 10.2 Å². The fraction of sp³-hybridized carbons (Fsp3) is 0.160. The lowest BCUT2D eigenvalue weighted by molar-refractivity contribution is -0.0171. The standard InChI is InChI=1S/C25H19FN4O3S/c1-15-6-2-4-8-20(15)29-23(31)19-7-3-5-9-21(19)30-24(29)27-28-25(30)34-13-17-11-18(26)10-16-12-32-14-33-22(16)17/h2-11H,12-14H2,1H3. The molecule has 7 nitrogen and oxygen atoms in total. The lowest BCUT2D eigenvalue weighted by Gasteiger charge is -2.20. The quantitative estimate of drug-likeness (QED) is 0.354. The monoisotopic (exact) mass is 474 g/mol. The van der Waals surface area contributed by atoms with E-state index in [-0.39, 0.29) is 18.2 Å². The Kier molecular flexibility index (Phi) is 5.08. The van der Waals surface area contributed by atoms with Crippen LogP contribution in [0.1, 0.15) is 16.7 Å². The van der Waals surface area contributed by atoms with Crippen molar-refractivity contribution in [1.82, 2.24) is 19.2 Å². The van der Waals surface area contributed by atoms with Crippen LogP contribution in [0.15, 0.2) is 70.6 Å². The number of aryl methyl sites for hydroxylation is 1. The van der Waals surface area contributed by atoms with Gasteiger partial charge in [-0.3, -0.25) is 9.20 Å². The Morgan fingerprint density at radius 3 is 2.79 bits per heavy atom. The van der Waals surface area contributed by atoms with Gasteiger partial charge in [-0.1, -0.05) is 42.1 Å². The summed E-state index contributed by atoms with van der Waals surface area (Å²) in [7, 11) is 0. The molecule has 0 saturated heterocycles. The van der Waals surface area contributed by atoms with Gasteiger partial charge in [0.1, 0.15) is 11.6 Å². The Balaban J connectivity index is 1.51. The molecule has 0 amide bonds. The van der Waals surface area contributed by atoms with E-state index >= 15 is 0 Å². The molecule has 0 saturated carbocycles. The molecule has 0 N–H and O–H groups in total. The molecule has 3 aromatic carbocycles. The van der Waals surface area contributed by atoms with Crippen molar-refractivity contribution in [2.75, 3.05) is 6.79 Å². The highest BCUT2D eigenvalue weighted by Crippen LogP contribution is 2.34. The van der Waals surface area contributed by atoms with Crippen LogP contribution in [-0.2, 0) is 17.1 Å². The maximum absolute atomic E-state index is 14.2. The Morgan fingerprint density at radius 1 is 1.09 bits per heavy atom. The van der Waals surface area contributed by atoms with E-state index in [1.807, 2.05) is 53.8 Å². The molecule has 1 aliphatic heterocycles. The van der Waals surface area contributed by atoms with Crippen LogP contribution >= 0.6 is 11.8 Å². The summed E-state index contributed by atoms with van der Waals surface area (Å²) in [6.07, 6.45) is 0. The lowest BCUT2D eigenvalue weighted by atomic mass is 10.1. The van der Waals surface area contributed by atoms with Gasteiger partial charge in [0.25, 0.3) is 5.56 Å². The molecule has 34 heavy (non-hydrogen) atoms. The summed E-state index contributed by atoms with van der Waals surface area (Å²) in [5.41, 5.74) is 3.66. The normalized spacial score (nSPS) is 13.2. The van der Waals surface area contributed by atoms with Crippen LogP contribution in [0.25, 0.3) is 22.4 Å². The molecule has 1 aliphatic rings. The van der Waals surface area contributed by atoms with E-state index in [1.54, 1.807) is 10.6 Å². The highest BCUT2D eigenvalue weighted by Gasteiger charge is 2.21. The molecule has 0 spiro atoms. The number of rotatable bonds is 4. The van der Waals surface area contributed by atoms with Crippen molar-refractivity contribution in [1.29, 1.82) is 0 Å². The number of halogens is 1. The number of ether oxygens (including phenoxy) is 2. The fourth-order valence-electron chi connectivity index (χ4n) is 4.31. The zero-order valence-electron chi connectivity index (χ0n) is 18.2. The van der Waals surface area contributed by atoms with E-state index in [0.29, 0.717) is 45.5 Å². The average molecular weight is 475 g/mol. The number of para-hydroxylation sites is 2. The topological polar surface area (TPSA) is 70.7 Å². The van der Waals surface area contributed by atoms with Crippen molar-refractivity contribution in [3.05, 3.63) is 93.5 Å². The zero-order chi connectivity index (χ0) is 23.2. The number of aromatic nitrogens is 4. The van der Waals surface area contributed by atoms with Crippen molar-refractivity contribution < 1.29 is 13.9 Å². The molecule has 6 rings (SSSR count). The van der Waals surface area contributed by atoms with Crippen LogP contribution in [0, 0.1) is 12.7 Å². The SMILES string of the molecule is Cc1ccccc1-n1c(=O)c2ccccc2n2c(SCc3cc(F)cc4c3OCOC4)nnc12. The summed E-state index contributed by atoms with van der Waals surface area (Å²) in [5.74, 6) is 1.15. The number of thioether (sulfide) groups is 1. The van der Waals surface area contributed by atoms with Crippen LogP contribution < -0.4 is 10.3 Å². The Labute approximate surface area is 197 Å². The molecule has 170 valence electrons. The summed E-state index contributed by atoms with van der Waals surface area (Å²) in [4.78, 5) is 13.5. The largest absolute Gasteiger partial charge is 0.467 e. The van der Waals surface area contributed by atoms with Crippen molar-refractivity contribution in [3.8, 4) is 11.4 Å². The minimum atomic E-state index is -0.339. The van der Waals surface area contributed by atoms with Crippen molar-refractivity contribution in [2.24, 2.45) is 0 Å². The predicted octanol–water partition coefficient (Wildman–Crippen LogP) is 4.64. The Bertz CT molecular complexity index is 1630. The van der Waals surface area contributed by atoms with Gasteiger partial charge >= 0.3 is 0 Å². The molecule has 0 unspecified atom stereocenters. The number of hydrogen-bond donors (Lipinski definition) is 0. The first-order valence-electron chi connectivity index (χ1n) is 10.7. The third-order valence-corrected chi connectivity index (χ3v) is 6.84. The maximum atomic E-state index is 14.2. The van der Waals surface area contributed by atoms with Crippen LogP contribution in [0.2, 0.25) is 0 Å². The second-order valence-corrected chi connectivity index (χ2v) is 8.96.